The monoisotopic (exact) mass is 355 g/mol. The van der Waals surface area contributed by atoms with Gasteiger partial charge in [0.2, 0.25) is 0 Å². The highest BCUT2D eigenvalue weighted by Crippen LogP contribution is 2.26. The number of H-pyrrole nitrogens is 1. The van der Waals surface area contributed by atoms with Crippen LogP contribution in [0.1, 0.15) is 50.5 Å². The molecule has 6 nitrogen and oxygen atoms in total. The number of anilines is 2. The highest BCUT2D eigenvalue weighted by molar-refractivity contribution is 6.07. The SMILES string of the molecule is COC(=O)c1c(C)[nH]c(C(=O)Nc2ccc(N3CCCC3)cc2C)c1C. The number of hydrogen-bond acceptors (Lipinski definition) is 4. The van der Waals surface area contributed by atoms with Gasteiger partial charge in [-0.15, -0.1) is 0 Å². The summed E-state index contributed by atoms with van der Waals surface area (Å²) in [4.78, 5) is 30.0. The normalized spacial score (nSPS) is 13.8. The molecule has 0 spiro atoms. The molecule has 0 unspecified atom stereocenters. The zero-order valence-corrected chi connectivity index (χ0v) is 15.7. The molecule has 2 heterocycles. The molecule has 0 radical (unpaired) electrons. The van der Waals surface area contributed by atoms with Crippen LogP contribution in [0.5, 0.6) is 0 Å². The minimum absolute atomic E-state index is 0.266. The first-order valence-electron chi connectivity index (χ1n) is 8.86. The number of aromatic nitrogens is 1. The number of methoxy groups -OCH3 is 1. The standard InChI is InChI=1S/C20H25N3O3/c1-12-11-15(23-9-5-6-10-23)7-8-16(12)22-19(24)18-13(2)17(14(3)21-18)20(25)26-4/h7-8,11,21H,5-6,9-10H2,1-4H3,(H,22,24). The Morgan fingerprint density at radius 2 is 1.85 bits per heavy atom. The van der Waals surface area contributed by atoms with Crippen molar-refractivity contribution in [3.8, 4) is 0 Å². The lowest BCUT2D eigenvalue weighted by atomic mass is 10.1. The summed E-state index contributed by atoms with van der Waals surface area (Å²) in [5.41, 5.74) is 4.99. The molecule has 1 aromatic heterocycles. The van der Waals surface area contributed by atoms with Crippen LogP contribution in [0.3, 0.4) is 0 Å². The number of benzene rings is 1. The smallest absolute Gasteiger partial charge is 0.339 e. The number of nitrogens with zero attached hydrogens (tertiary/aromatic N) is 1. The second kappa shape index (κ2) is 7.23. The van der Waals surface area contributed by atoms with E-state index in [0.29, 0.717) is 22.5 Å². The maximum atomic E-state index is 12.7. The fourth-order valence-electron chi connectivity index (χ4n) is 3.53. The van der Waals surface area contributed by atoms with Gasteiger partial charge in [0.15, 0.2) is 0 Å². The van der Waals surface area contributed by atoms with Crippen LogP contribution in [0.2, 0.25) is 0 Å². The third-order valence-electron chi connectivity index (χ3n) is 4.98. The van der Waals surface area contributed by atoms with Crippen molar-refractivity contribution in [3.63, 3.8) is 0 Å². The number of ether oxygens (including phenoxy) is 1. The number of nitrogens with one attached hydrogen (secondary N) is 2. The molecule has 1 fully saturated rings. The first kappa shape index (κ1) is 18.0. The van der Waals surface area contributed by atoms with E-state index in [-0.39, 0.29) is 5.91 Å². The second-order valence-electron chi connectivity index (χ2n) is 6.76. The molecule has 26 heavy (non-hydrogen) atoms. The molecule has 0 bridgehead atoms. The van der Waals surface area contributed by atoms with Gasteiger partial charge in [0, 0.05) is 30.2 Å². The van der Waals surface area contributed by atoms with E-state index in [1.54, 1.807) is 13.8 Å². The summed E-state index contributed by atoms with van der Waals surface area (Å²) in [7, 11) is 1.33. The summed E-state index contributed by atoms with van der Waals surface area (Å²) in [6.07, 6.45) is 2.46. The zero-order valence-electron chi connectivity index (χ0n) is 15.7. The van der Waals surface area contributed by atoms with Crippen molar-refractivity contribution < 1.29 is 14.3 Å². The Labute approximate surface area is 153 Å². The van der Waals surface area contributed by atoms with Gasteiger partial charge in [-0.3, -0.25) is 4.79 Å². The van der Waals surface area contributed by atoms with Crippen molar-refractivity contribution in [2.24, 2.45) is 0 Å². The topological polar surface area (TPSA) is 74.4 Å². The zero-order chi connectivity index (χ0) is 18.8. The molecule has 3 rings (SSSR count). The minimum atomic E-state index is -0.443. The van der Waals surface area contributed by atoms with E-state index < -0.39 is 5.97 Å². The van der Waals surface area contributed by atoms with Gasteiger partial charge in [0.1, 0.15) is 5.69 Å². The quantitative estimate of drug-likeness (QED) is 0.822. The third-order valence-corrected chi connectivity index (χ3v) is 4.98. The summed E-state index contributed by atoms with van der Waals surface area (Å²) in [6.45, 7) is 7.66. The lowest BCUT2D eigenvalue weighted by Crippen LogP contribution is -2.18. The van der Waals surface area contributed by atoms with Gasteiger partial charge >= 0.3 is 5.97 Å². The van der Waals surface area contributed by atoms with Crippen LogP contribution in [-0.2, 0) is 4.74 Å². The number of rotatable bonds is 4. The molecule has 1 aliphatic rings. The first-order valence-corrected chi connectivity index (χ1v) is 8.86. The lowest BCUT2D eigenvalue weighted by molar-refractivity contribution is 0.0599. The molecular weight excluding hydrogens is 330 g/mol. The molecule has 6 heteroatoms. The van der Waals surface area contributed by atoms with Crippen LogP contribution in [0.15, 0.2) is 18.2 Å². The molecule has 1 aliphatic heterocycles. The Morgan fingerprint density at radius 3 is 2.46 bits per heavy atom. The summed E-state index contributed by atoms with van der Waals surface area (Å²) in [6, 6.07) is 6.08. The van der Waals surface area contributed by atoms with Crippen molar-refractivity contribution in [1.82, 2.24) is 4.98 Å². The first-order chi connectivity index (χ1) is 12.4. The number of carbonyl (C=O) groups excluding carboxylic acids is 2. The van der Waals surface area contributed by atoms with E-state index in [0.717, 1.165) is 24.3 Å². The van der Waals surface area contributed by atoms with E-state index in [1.165, 1.54) is 25.6 Å². The van der Waals surface area contributed by atoms with Crippen molar-refractivity contribution in [2.75, 3.05) is 30.4 Å². The molecule has 0 aliphatic carbocycles. The van der Waals surface area contributed by atoms with Gasteiger partial charge in [0.05, 0.1) is 12.7 Å². The Balaban J connectivity index is 1.81. The van der Waals surface area contributed by atoms with Gasteiger partial charge < -0.3 is 19.9 Å². The van der Waals surface area contributed by atoms with Crippen LogP contribution in [-0.4, -0.2) is 37.1 Å². The molecule has 0 saturated carbocycles. The molecule has 1 amide bonds. The molecule has 138 valence electrons. The van der Waals surface area contributed by atoms with E-state index >= 15 is 0 Å². The summed E-state index contributed by atoms with van der Waals surface area (Å²) >= 11 is 0. The van der Waals surface area contributed by atoms with Crippen molar-refractivity contribution in [3.05, 3.63) is 46.3 Å². The third kappa shape index (κ3) is 3.31. The number of aromatic amines is 1. The lowest BCUT2D eigenvalue weighted by Gasteiger charge is -2.19. The van der Waals surface area contributed by atoms with Gasteiger partial charge in [-0.05, 0) is 62.9 Å². The van der Waals surface area contributed by atoms with E-state index in [4.69, 9.17) is 4.74 Å². The molecule has 0 atom stereocenters. The van der Waals surface area contributed by atoms with Crippen LogP contribution in [0, 0.1) is 20.8 Å². The van der Waals surface area contributed by atoms with Crippen molar-refractivity contribution >= 4 is 23.3 Å². The van der Waals surface area contributed by atoms with Crippen LogP contribution < -0.4 is 10.2 Å². The summed E-state index contributed by atoms with van der Waals surface area (Å²) < 4.78 is 4.79. The molecule has 2 N–H and O–H groups in total. The number of esters is 1. The predicted molar refractivity (Wildman–Crippen MR) is 102 cm³/mol. The van der Waals surface area contributed by atoms with Gasteiger partial charge in [-0.2, -0.15) is 0 Å². The Kier molecular flexibility index (Phi) is 5.02. The van der Waals surface area contributed by atoms with E-state index in [2.05, 4.69) is 21.3 Å². The van der Waals surface area contributed by atoms with Gasteiger partial charge in [-0.25, -0.2) is 4.79 Å². The number of hydrogen-bond donors (Lipinski definition) is 2. The van der Waals surface area contributed by atoms with E-state index in [9.17, 15) is 9.59 Å². The van der Waals surface area contributed by atoms with Crippen LogP contribution in [0.25, 0.3) is 0 Å². The van der Waals surface area contributed by atoms with Crippen molar-refractivity contribution in [2.45, 2.75) is 33.6 Å². The highest BCUT2D eigenvalue weighted by atomic mass is 16.5. The minimum Gasteiger partial charge on any atom is -0.465 e. The summed E-state index contributed by atoms with van der Waals surface area (Å²) in [5, 5.41) is 2.94. The Hall–Kier alpha value is -2.76. The molecule has 2 aromatic rings. The number of carbonyl (C=O) groups is 2. The fraction of sp³-hybridized carbons (Fsp3) is 0.400. The van der Waals surface area contributed by atoms with Crippen LogP contribution >= 0.6 is 0 Å². The largest absolute Gasteiger partial charge is 0.465 e. The molecule has 1 aromatic carbocycles. The van der Waals surface area contributed by atoms with Crippen molar-refractivity contribution in [1.29, 1.82) is 0 Å². The Morgan fingerprint density at radius 1 is 1.15 bits per heavy atom. The van der Waals surface area contributed by atoms with Gasteiger partial charge in [0.25, 0.3) is 5.91 Å². The average molecular weight is 355 g/mol. The molecule has 1 saturated heterocycles. The fourth-order valence-corrected chi connectivity index (χ4v) is 3.53. The van der Waals surface area contributed by atoms with Crippen LogP contribution in [0.4, 0.5) is 11.4 Å². The van der Waals surface area contributed by atoms with Gasteiger partial charge in [-0.1, -0.05) is 0 Å². The highest BCUT2D eigenvalue weighted by Gasteiger charge is 2.23. The molecular formula is C20H25N3O3. The average Bonchev–Trinajstić information content (AvgIpc) is 3.24. The second-order valence-corrected chi connectivity index (χ2v) is 6.76. The Bertz CT molecular complexity index is 848. The number of aryl methyl sites for hydroxylation is 2. The predicted octanol–water partition coefficient (Wildman–Crippen LogP) is 3.58. The van der Waals surface area contributed by atoms with E-state index in [1.807, 2.05) is 19.1 Å². The maximum absolute atomic E-state index is 12.7. The maximum Gasteiger partial charge on any atom is 0.339 e. The number of amides is 1. The summed E-state index contributed by atoms with van der Waals surface area (Å²) in [5.74, 6) is -0.709.